The van der Waals surface area contributed by atoms with Crippen LogP contribution < -0.4 is 4.74 Å². The molecule has 2 bridgehead atoms. The fraction of sp³-hybridized carbons (Fsp3) is 0.474. The van der Waals surface area contributed by atoms with Gasteiger partial charge >= 0.3 is 0 Å². The number of ether oxygens (including phenoxy) is 2. The van der Waals surface area contributed by atoms with Crippen molar-refractivity contribution in [1.29, 1.82) is 0 Å². The highest BCUT2D eigenvalue weighted by molar-refractivity contribution is 5.64. The topological polar surface area (TPSA) is 62.2 Å². The van der Waals surface area contributed by atoms with E-state index < -0.39 is 11.5 Å². The van der Waals surface area contributed by atoms with Gasteiger partial charge in [0.2, 0.25) is 0 Å². The second kappa shape index (κ2) is 5.26. The number of hydrogen-bond acceptors (Lipinski definition) is 5. The molecule has 0 amide bonds. The first-order valence-corrected chi connectivity index (χ1v) is 8.28. The highest BCUT2D eigenvalue weighted by Gasteiger charge is 2.51. The summed E-state index contributed by atoms with van der Waals surface area (Å²) in [7, 11) is 5.26. The Bertz CT molecular complexity index is 754. The van der Waals surface area contributed by atoms with Crippen LogP contribution in [0.5, 0.6) is 11.5 Å². The zero-order valence-corrected chi connectivity index (χ0v) is 14.2. The molecule has 3 aliphatic rings. The Labute approximate surface area is 141 Å². The normalized spacial score (nSPS) is 31.5. The van der Waals surface area contributed by atoms with Gasteiger partial charge in [-0.1, -0.05) is 6.07 Å². The Morgan fingerprint density at radius 3 is 2.75 bits per heavy atom. The summed E-state index contributed by atoms with van der Waals surface area (Å²) in [6.07, 6.45) is 4.82. The number of aromatic hydroxyl groups is 1. The molecule has 0 radical (unpaired) electrons. The van der Waals surface area contributed by atoms with Crippen molar-refractivity contribution >= 4 is 0 Å². The predicted octanol–water partition coefficient (Wildman–Crippen LogP) is 1.73. The molecule has 2 aliphatic carbocycles. The van der Waals surface area contributed by atoms with Crippen LogP contribution in [0.3, 0.4) is 0 Å². The lowest BCUT2D eigenvalue weighted by molar-refractivity contribution is 0.131. The van der Waals surface area contributed by atoms with Crippen LogP contribution in [-0.4, -0.2) is 55.1 Å². The third-order valence-electron chi connectivity index (χ3n) is 5.82. The first kappa shape index (κ1) is 15.5. The third kappa shape index (κ3) is 1.88. The second-order valence-electron chi connectivity index (χ2n) is 6.89. The molecule has 0 saturated carbocycles. The number of fused-ring (bicyclic) bond motifs is 1. The molecule has 1 aromatic rings. The van der Waals surface area contributed by atoms with E-state index in [1.807, 2.05) is 24.3 Å². The van der Waals surface area contributed by atoms with E-state index in [2.05, 4.69) is 11.9 Å². The molecule has 1 fully saturated rings. The largest absolute Gasteiger partial charge is 0.504 e. The van der Waals surface area contributed by atoms with Gasteiger partial charge in [0.1, 0.15) is 11.9 Å². The van der Waals surface area contributed by atoms with Crippen LogP contribution in [-0.2, 0) is 16.6 Å². The lowest BCUT2D eigenvalue weighted by Crippen LogP contribution is -2.54. The molecule has 1 aliphatic heterocycles. The van der Waals surface area contributed by atoms with E-state index in [0.717, 1.165) is 36.1 Å². The van der Waals surface area contributed by atoms with Crippen LogP contribution in [0.4, 0.5) is 0 Å². The van der Waals surface area contributed by atoms with E-state index in [0.29, 0.717) is 11.5 Å². The molecular formula is C19H23NO4. The Balaban J connectivity index is 2.01. The molecule has 5 nitrogen and oxygen atoms in total. The maximum absolute atomic E-state index is 10.9. The number of piperidine rings is 1. The molecule has 2 N–H and O–H groups in total. The Kier molecular flexibility index (Phi) is 3.41. The van der Waals surface area contributed by atoms with E-state index >= 15 is 0 Å². The zero-order valence-electron chi connectivity index (χ0n) is 14.2. The van der Waals surface area contributed by atoms with Crippen molar-refractivity contribution in [3.05, 3.63) is 46.7 Å². The summed E-state index contributed by atoms with van der Waals surface area (Å²) in [4.78, 5) is 2.33. The molecule has 1 aromatic carbocycles. The minimum absolute atomic E-state index is 0.201. The lowest BCUT2D eigenvalue weighted by Gasteiger charge is -2.53. The molecule has 4 rings (SSSR count). The maximum atomic E-state index is 10.9. The summed E-state index contributed by atoms with van der Waals surface area (Å²) in [6, 6.07) is 4.10. The predicted molar refractivity (Wildman–Crippen MR) is 90.3 cm³/mol. The van der Waals surface area contributed by atoms with Crippen molar-refractivity contribution in [2.24, 2.45) is 0 Å². The van der Waals surface area contributed by atoms with Crippen molar-refractivity contribution < 1.29 is 19.7 Å². The second-order valence-corrected chi connectivity index (χ2v) is 6.89. The van der Waals surface area contributed by atoms with Gasteiger partial charge in [-0.15, -0.1) is 0 Å². The van der Waals surface area contributed by atoms with E-state index in [9.17, 15) is 10.2 Å². The fourth-order valence-electron chi connectivity index (χ4n) is 4.63. The lowest BCUT2D eigenvalue weighted by atomic mass is 9.58. The number of likely N-dealkylation sites (tertiary alicyclic amines) is 1. The number of benzene rings is 1. The quantitative estimate of drug-likeness (QED) is 0.809. The van der Waals surface area contributed by atoms with Gasteiger partial charge in [-0.05, 0) is 55.8 Å². The Morgan fingerprint density at radius 1 is 1.25 bits per heavy atom. The number of aliphatic hydroxyl groups excluding tert-OH is 1. The van der Waals surface area contributed by atoms with Gasteiger partial charge in [-0.2, -0.15) is 0 Å². The highest BCUT2D eigenvalue weighted by atomic mass is 16.5. The Morgan fingerprint density at radius 2 is 2.04 bits per heavy atom. The first-order valence-electron chi connectivity index (χ1n) is 8.28. The van der Waals surface area contributed by atoms with Crippen molar-refractivity contribution in [2.45, 2.75) is 30.4 Å². The van der Waals surface area contributed by atoms with Crippen LogP contribution >= 0.6 is 0 Å². The number of phenols is 1. The van der Waals surface area contributed by atoms with Crippen molar-refractivity contribution in [2.75, 3.05) is 27.8 Å². The van der Waals surface area contributed by atoms with E-state index in [1.165, 1.54) is 0 Å². The summed E-state index contributed by atoms with van der Waals surface area (Å²) >= 11 is 0. The van der Waals surface area contributed by atoms with Crippen LogP contribution in [0, 0.1) is 0 Å². The number of likely N-dealkylation sites (N-methyl/N-ethyl adjacent to an activating group) is 1. The monoisotopic (exact) mass is 329 g/mol. The van der Waals surface area contributed by atoms with E-state index in [4.69, 9.17) is 9.47 Å². The average Bonchev–Trinajstić information content (AvgIpc) is 2.58. The Hall–Kier alpha value is -1.98. The summed E-state index contributed by atoms with van der Waals surface area (Å²) < 4.78 is 10.8. The van der Waals surface area contributed by atoms with Crippen molar-refractivity contribution in [3.63, 3.8) is 0 Å². The molecule has 5 heteroatoms. The van der Waals surface area contributed by atoms with E-state index in [1.54, 1.807) is 14.2 Å². The van der Waals surface area contributed by atoms with Crippen LogP contribution in [0.25, 0.3) is 0 Å². The third-order valence-corrected chi connectivity index (χ3v) is 5.82. The highest BCUT2D eigenvalue weighted by Crippen LogP contribution is 2.56. The first-order chi connectivity index (χ1) is 11.5. The van der Waals surface area contributed by atoms with Crippen molar-refractivity contribution in [1.82, 2.24) is 4.90 Å². The minimum Gasteiger partial charge on any atom is -0.504 e. The minimum atomic E-state index is -0.735. The van der Waals surface area contributed by atoms with Crippen LogP contribution in [0.15, 0.2) is 35.6 Å². The van der Waals surface area contributed by atoms with Gasteiger partial charge in [0.25, 0.3) is 0 Å². The number of allylic oxidation sites excluding steroid dienone is 1. The number of hydrogen-bond donors (Lipinski definition) is 2. The molecule has 1 heterocycles. The summed E-state index contributed by atoms with van der Waals surface area (Å²) in [5.41, 5.74) is 2.75. The van der Waals surface area contributed by atoms with Gasteiger partial charge in [-0.3, -0.25) is 4.90 Å². The summed E-state index contributed by atoms with van der Waals surface area (Å²) in [6.45, 7) is 0.918. The SMILES string of the molecule is COC1=C[C@@]23CCN(C)[C@H](Cc4ccc(OC)c(O)c42)C3=CC1O. The zero-order chi connectivity index (χ0) is 17.1. The van der Waals surface area contributed by atoms with Gasteiger partial charge in [0.05, 0.1) is 14.2 Å². The molecule has 0 spiro atoms. The number of aliphatic hydroxyl groups is 1. The standard InChI is InChI=1S/C19H23NO4/c1-20-7-6-19-10-16(24-3)14(21)9-12(19)13(20)8-11-4-5-15(23-2)18(22)17(11)19/h4-5,9-10,13-14,21-22H,6-8H2,1-3H3/t13-,14?,19-/m1/s1. The van der Waals surface area contributed by atoms with Gasteiger partial charge < -0.3 is 19.7 Å². The maximum Gasteiger partial charge on any atom is 0.162 e. The molecule has 1 unspecified atom stereocenters. The molecular weight excluding hydrogens is 306 g/mol. The molecule has 1 saturated heterocycles. The number of phenolic OH excluding ortho intramolecular Hbond substituents is 1. The molecule has 0 aromatic heterocycles. The van der Waals surface area contributed by atoms with Crippen molar-refractivity contribution in [3.8, 4) is 11.5 Å². The van der Waals surface area contributed by atoms with Gasteiger partial charge in [0.15, 0.2) is 11.5 Å². The summed E-state index contributed by atoms with van der Waals surface area (Å²) in [5.74, 6) is 1.22. The summed E-state index contributed by atoms with van der Waals surface area (Å²) in [5, 5.41) is 21.3. The van der Waals surface area contributed by atoms with E-state index in [-0.39, 0.29) is 11.8 Å². The number of nitrogens with zero attached hydrogens (tertiary/aromatic N) is 1. The molecule has 3 atom stereocenters. The van der Waals surface area contributed by atoms with Crippen LogP contribution in [0.1, 0.15) is 17.5 Å². The van der Waals surface area contributed by atoms with Gasteiger partial charge in [0, 0.05) is 17.0 Å². The van der Waals surface area contributed by atoms with Gasteiger partial charge in [-0.25, -0.2) is 0 Å². The molecule has 24 heavy (non-hydrogen) atoms. The average molecular weight is 329 g/mol. The molecule has 128 valence electrons. The number of rotatable bonds is 2. The smallest absolute Gasteiger partial charge is 0.162 e. The number of methoxy groups -OCH3 is 2. The fourth-order valence-corrected chi connectivity index (χ4v) is 4.63. The van der Waals surface area contributed by atoms with Crippen LogP contribution in [0.2, 0.25) is 0 Å².